The molecule has 1 aliphatic heterocycles. The van der Waals surface area contributed by atoms with E-state index in [1.807, 2.05) is 0 Å². The Balaban J connectivity index is 2.03. The van der Waals surface area contributed by atoms with Crippen molar-refractivity contribution in [1.82, 2.24) is 0 Å². The molecule has 2 aromatic rings. The fourth-order valence-electron chi connectivity index (χ4n) is 2.54. The van der Waals surface area contributed by atoms with E-state index in [1.165, 1.54) is 35.2 Å². The highest BCUT2D eigenvalue weighted by Crippen LogP contribution is 2.27. The van der Waals surface area contributed by atoms with Crippen molar-refractivity contribution in [3.05, 3.63) is 76.4 Å². The van der Waals surface area contributed by atoms with Crippen LogP contribution in [-0.2, 0) is 9.84 Å². The van der Waals surface area contributed by atoms with Crippen molar-refractivity contribution in [2.45, 2.75) is 6.04 Å². The molecule has 0 saturated heterocycles. The molecule has 0 fully saturated rings. The van der Waals surface area contributed by atoms with Crippen LogP contribution in [0.1, 0.15) is 10.4 Å². The van der Waals surface area contributed by atoms with Crippen molar-refractivity contribution in [2.24, 2.45) is 0 Å². The number of sulfone groups is 1. The van der Waals surface area contributed by atoms with Gasteiger partial charge in [-0.1, -0.05) is 17.7 Å². The summed E-state index contributed by atoms with van der Waals surface area (Å²) in [6.07, 6.45) is 1.47. The van der Waals surface area contributed by atoms with Crippen LogP contribution >= 0.6 is 11.6 Å². The number of rotatable bonds is 3. The minimum Gasteiger partial charge on any atom is -0.300 e. The molecule has 0 aromatic heterocycles. The molecule has 1 atom stereocenters. The summed E-state index contributed by atoms with van der Waals surface area (Å²) in [7, 11) is -3.35. The summed E-state index contributed by atoms with van der Waals surface area (Å²) in [5.74, 6) is -1.08. The fraction of sp³-hybridized carbons (Fsp3) is 0.118. The third-order valence-corrected chi connectivity index (χ3v) is 5.25. The molecule has 3 rings (SSSR count). The van der Waals surface area contributed by atoms with E-state index >= 15 is 0 Å². The van der Waals surface area contributed by atoms with Gasteiger partial charge in [0.05, 0.1) is 11.8 Å². The van der Waals surface area contributed by atoms with E-state index in [1.54, 1.807) is 24.3 Å². The smallest absolute Gasteiger partial charge is 0.258 e. The van der Waals surface area contributed by atoms with Crippen molar-refractivity contribution in [3.8, 4) is 0 Å². The second-order valence-electron chi connectivity index (χ2n) is 5.39. The predicted octanol–water partition coefficient (Wildman–Crippen LogP) is 3.44. The first-order chi connectivity index (χ1) is 11.4. The van der Waals surface area contributed by atoms with Gasteiger partial charge in [0.1, 0.15) is 5.82 Å². The Morgan fingerprint density at radius 3 is 2.46 bits per heavy atom. The average molecular weight is 366 g/mol. The van der Waals surface area contributed by atoms with Crippen molar-refractivity contribution >= 4 is 33.0 Å². The van der Waals surface area contributed by atoms with E-state index in [4.69, 9.17) is 11.6 Å². The first-order valence-electron chi connectivity index (χ1n) is 7.11. The standard InChI is InChI=1S/C17H13ClFNO3S/c18-13-2-1-3-15(10-13)20(16-8-9-24(22,23)11-16)17(21)12-4-6-14(19)7-5-12/h1-10,16H,11H2/t16-/m1/s1. The number of benzene rings is 2. The summed E-state index contributed by atoms with van der Waals surface area (Å²) in [6, 6.07) is 11.0. The molecule has 24 heavy (non-hydrogen) atoms. The van der Waals surface area contributed by atoms with Gasteiger partial charge in [-0.2, -0.15) is 0 Å². The maximum Gasteiger partial charge on any atom is 0.258 e. The monoisotopic (exact) mass is 365 g/mol. The molecule has 1 heterocycles. The topological polar surface area (TPSA) is 54.5 Å². The molecule has 2 aromatic carbocycles. The van der Waals surface area contributed by atoms with Crippen LogP contribution < -0.4 is 4.90 Å². The maximum absolute atomic E-state index is 13.1. The predicted molar refractivity (Wildman–Crippen MR) is 91.4 cm³/mol. The van der Waals surface area contributed by atoms with Crippen molar-refractivity contribution in [3.63, 3.8) is 0 Å². The van der Waals surface area contributed by atoms with Gasteiger partial charge in [0, 0.05) is 21.7 Å². The molecule has 124 valence electrons. The van der Waals surface area contributed by atoms with Gasteiger partial charge in [-0.15, -0.1) is 0 Å². The first-order valence-corrected chi connectivity index (χ1v) is 9.21. The van der Waals surface area contributed by atoms with Gasteiger partial charge in [-0.05, 0) is 48.5 Å². The molecule has 0 radical (unpaired) electrons. The minimum atomic E-state index is -3.35. The SMILES string of the molecule is O=C(c1ccc(F)cc1)N(c1cccc(Cl)c1)[C@@H]1C=CS(=O)(=O)C1. The molecule has 7 heteroatoms. The third-order valence-electron chi connectivity index (χ3n) is 3.64. The highest BCUT2D eigenvalue weighted by molar-refractivity contribution is 7.94. The normalized spacial score (nSPS) is 18.5. The lowest BCUT2D eigenvalue weighted by molar-refractivity contribution is 0.0983. The van der Waals surface area contributed by atoms with Crippen LogP contribution in [0.25, 0.3) is 0 Å². The number of anilines is 1. The Morgan fingerprint density at radius 1 is 1.17 bits per heavy atom. The van der Waals surface area contributed by atoms with Gasteiger partial charge in [0.15, 0.2) is 9.84 Å². The van der Waals surface area contributed by atoms with E-state index in [0.717, 1.165) is 5.41 Å². The molecule has 1 amide bonds. The highest BCUT2D eigenvalue weighted by atomic mass is 35.5. The number of halogens is 2. The Morgan fingerprint density at radius 2 is 1.88 bits per heavy atom. The highest BCUT2D eigenvalue weighted by Gasteiger charge is 2.32. The number of nitrogens with zero attached hydrogens (tertiary/aromatic N) is 1. The molecule has 4 nitrogen and oxygen atoms in total. The van der Waals surface area contributed by atoms with Crippen molar-refractivity contribution in [2.75, 3.05) is 10.7 Å². The van der Waals surface area contributed by atoms with Gasteiger partial charge in [0.2, 0.25) is 0 Å². The second-order valence-corrected chi connectivity index (χ2v) is 7.75. The van der Waals surface area contributed by atoms with Crippen LogP contribution in [0.15, 0.2) is 60.0 Å². The Bertz CT molecular complexity index is 910. The van der Waals surface area contributed by atoms with E-state index in [0.29, 0.717) is 10.7 Å². The van der Waals surface area contributed by atoms with Crippen LogP contribution in [-0.4, -0.2) is 26.1 Å². The van der Waals surface area contributed by atoms with Gasteiger partial charge in [-0.25, -0.2) is 12.8 Å². The van der Waals surface area contributed by atoms with E-state index in [9.17, 15) is 17.6 Å². The van der Waals surface area contributed by atoms with Crippen LogP contribution in [0, 0.1) is 5.82 Å². The zero-order chi connectivity index (χ0) is 17.3. The molecule has 0 bridgehead atoms. The largest absolute Gasteiger partial charge is 0.300 e. The molecular weight excluding hydrogens is 353 g/mol. The zero-order valence-corrected chi connectivity index (χ0v) is 14.0. The molecule has 0 N–H and O–H groups in total. The quantitative estimate of drug-likeness (QED) is 0.837. The minimum absolute atomic E-state index is 0.202. The Labute approximate surface area is 144 Å². The van der Waals surface area contributed by atoms with Gasteiger partial charge in [0.25, 0.3) is 5.91 Å². The number of carbonyl (C=O) groups excluding carboxylic acids is 1. The molecule has 1 aliphatic rings. The Kier molecular flexibility index (Phi) is 4.43. The number of amides is 1. The molecular formula is C17H13ClFNO3S. The fourth-order valence-corrected chi connectivity index (χ4v) is 3.99. The van der Waals surface area contributed by atoms with Crippen LogP contribution in [0.5, 0.6) is 0 Å². The van der Waals surface area contributed by atoms with Crippen LogP contribution in [0.2, 0.25) is 5.02 Å². The lowest BCUT2D eigenvalue weighted by Crippen LogP contribution is -2.41. The summed E-state index contributed by atoms with van der Waals surface area (Å²) in [5.41, 5.74) is 0.734. The van der Waals surface area contributed by atoms with Crippen LogP contribution in [0.4, 0.5) is 10.1 Å². The van der Waals surface area contributed by atoms with Gasteiger partial charge < -0.3 is 4.90 Å². The van der Waals surface area contributed by atoms with Crippen molar-refractivity contribution < 1.29 is 17.6 Å². The summed E-state index contributed by atoms with van der Waals surface area (Å²) in [5, 5.41) is 1.53. The van der Waals surface area contributed by atoms with Crippen LogP contribution in [0.3, 0.4) is 0 Å². The molecule has 0 aliphatic carbocycles. The average Bonchev–Trinajstić information content (AvgIpc) is 2.88. The van der Waals surface area contributed by atoms with E-state index in [-0.39, 0.29) is 11.3 Å². The molecule has 0 unspecified atom stereocenters. The van der Waals surface area contributed by atoms with Gasteiger partial charge in [-0.3, -0.25) is 4.79 Å². The van der Waals surface area contributed by atoms with E-state index < -0.39 is 27.6 Å². The molecule has 0 spiro atoms. The first kappa shape index (κ1) is 16.7. The zero-order valence-electron chi connectivity index (χ0n) is 12.4. The van der Waals surface area contributed by atoms with Crippen molar-refractivity contribution in [1.29, 1.82) is 0 Å². The van der Waals surface area contributed by atoms with Gasteiger partial charge >= 0.3 is 0 Å². The summed E-state index contributed by atoms with van der Waals surface area (Å²) >= 11 is 6.00. The number of hydrogen-bond donors (Lipinski definition) is 0. The lowest BCUT2D eigenvalue weighted by atomic mass is 10.1. The molecule has 0 saturated carbocycles. The number of carbonyl (C=O) groups is 1. The second kappa shape index (κ2) is 6.37. The third kappa shape index (κ3) is 3.49. The lowest BCUT2D eigenvalue weighted by Gasteiger charge is -2.28. The number of hydrogen-bond acceptors (Lipinski definition) is 3. The maximum atomic E-state index is 13.1. The summed E-state index contributed by atoms with van der Waals surface area (Å²) < 4.78 is 36.6. The Hall–Kier alpha value is -2.18. The van der Waals surface area contributed by atoms with E-state index in [2.05, 4.69) is 0 Å². The summed E-state index contributed by atoms with van der Waals surface area (Å²) in [4.78, 5) is 14.3. The summed E-state index contributed by atoms with van der Waals surface area (Å²) in [6.45, 7) is 0.